The fourth-order valence-electron chi connectivity index (χ4n) is 3.55. The summed E-state index contributed by atoms with van der Waals surface area (Å²) in [5.41, 5.74) is 1.40. The number of carbonyl (C=O) groups excluding carboxylic acids is 3. The van der Waals surface area contributed by atoms with Crippen molar-refractivity contribution in [1.82, 2.24) is 10.2 Å². The van der Waals surface area contributed by atoms with Gasteiger partial charge in [-0.05, 0) is 36.1 Å². The van der Waals surface area contributed by atoms with Crippen molar-refractivity contribution in [3.8, 4) is 5.75 Å². The largest absolute Gasteiger partial charge is 0.505 e. The maximum Gasteiger partial charge on any atom is 0.257 e. The molecule has 31 heavy (non-hydrogen) atoms. The van der Waals surface area contributed by atoms with Gasteiger partial charge in [-0.2, -0.15) is 0 Å². The Labute approximate surface area is 181 Å². The lowest BCUT2D eigenvalue weighted by atomic mass is 9.82. The molecular formula is C23H29N3O5. The fourth-order valence-corrected chi connectivity index (χ4v) is 3.55. The van der Waals surface area contributed by atoms with Gasteiger partial charge in [0.15, 0.2) is 5.75 Å². The number of hydrogen-bond donors (Lipinski definition) is 3. The lowest BCUT2D eigenvalue weighted by molar-refractivity contribution is -0.145. The summed E-state index contributed by atoms with van der Waals surface area (Å²) in [7, 11) is 3.17. The first-order valence-corrected chi connectivity index (χ1v) is 10.4. The molecule has 0 saturated heterocycles. The Balaban J connectivity index is 1.79. The third-order valence-electron chi connectivity index (χ3n) is 5.56. The molecule has 3 unspecified atom stereocenters. The molecule has 8 heteroatoms. The van der Waals surface area contributed by atoms with Gasteiger partial charge < -0.3 is 19.7 Å². The van der Waals surface area contributed by atoms with E-state index < -0.39 is 23.7 Å². The zero-order chi connectivity index (χ0) is 22.9. The topological polar surface area (TPSA) is 112 Å². The van der Waals surface area contributed by atoms with E-state index in [-0.39, 0.29) is 28.9 Å². The van der Waals surface area contributed by atoms with Gasteiger partial charge in [-0.15, -0.1) is 0 Å². The molecule has 1 fully saturated rings. The quantitative estimate of drug-likeness (QED) is 0.439. The number of phenols is 1. The van der Waals surface area contributed by atoms with Gasteiger partial charge >= 0.3 is 0 Å². The van der Waals surface area contributed by atoms with Crippen LogP contribution in [-0.2, 0) is 9.59 Å². The average Bonchev–Trinajstić information content (AvgIpc) is 3.23. The first-order valence-electron chi connectivity index (χ1n) is 10.4. The van der Waals surface area contributed by atoms with Crippen molar-refractivity contribution in [2.24, 2.45) is 0 Å². The molecule has 2 aromatic rings. The van der Waals surface area contributed by atoms with Crippen LogP contribution >= 0.6 is 0 Å². The second kappa shape index (κ2) is 8.93. The maximum atomic E-state index is 12.3. The fraction of sp³-hybridized carbons (Fsp3) is 0.435. The van der Waals surface area contributed by atoms with Crippen LogP contribution in [0.15, 0.2) is 34.9 Å². The Morgan fingerprint density at radius 2 is 1.87 bits per heavy atom. The van der Waals surface area contributed by atoms with E-state index in [2.05, 4.69) is 24.5 Å². The van der Waals surface area contributed by atoms with Crippen LogP contribution in [0.5, 0.6) is 5.75 Å². The number of rotatable bonds is 8. The molecule has 0 spiro atoms. The summed E-state index contributed by atoms with van der Waals surface area (Å²) < 4.78 is 5.69. The molecule has 1 aliphatic carbocycles. The molecule has 1 aliphatic rings. The van der Waals surface area contributed by atoms with E-state index in [0.29, 0.717) is 18.1 Å². The number of hydrogen-bond acceptors (Lipinski definition) is 7. The molecule has 3 rings (SSSR count). The summed E-state index contributed by atoms with van der Waals surface area (Å²) >= 11 is 0. The Morgan fingerprint density at radius 3 is 2.45 bits per heavy atom. The van der Waals surface area contributed by atoms with Crippen molar-refractivity contribution in [1.29, 1.82) is 0 Å². The molecule has 0 bridgehead atoms. The molecule has 166 valence electrons. The van der Waals surface area contributed by atoms with Crippen molar-refractivity contribution in [2.75, 3.05) is 19.4 Å². The number of amides is 1. The average molecular weight is 428 g/mol. The van der Waals surface area contributed by atoms with Crippen molar-refractivity contribution in [2.45, 2.75) is 51.2 Å². The number of furan rings is 1. The smallest absolute Gasteiger partial charge is 0.257 e. The summed E-state index contributed by atoms with van der Waals surface area (Å²) in [6.45, 7) is 6.10. The number of ketones is 2. The third-order valence-corrected chi connectivity index (χ3v) is 5.56. The molecular weight excluding hydrogens is 398 g/mol. The van der Waals surface area contributed by atoms with E-state index >= 15 is 0 Å². The molecule has 1 amide bonds. The monoisotopic (exact) mass is 427 g/mol. The zero-order valence-electron chi connectivity index (χ0n) is 18.4. The van der Waals surface area contributed by atoms with Crippen molar-refractivity contribution in [3.63, 3.8) is 0 Å². The molecule has 3 N–H and O–H groups in total. The predicted octanol–water partition coefficient (Wildman–Crippen LogP) is 2.85. The minimum atomic E-state index is -0.850. The first kappa shape index (κ1) is 22.6. The summed E-state index contributed by atoms with van der Waals surface area (Å²) in [4.78, 5) is 38.2. The molecule has 1 aromatic carbocycles. The number of aromatic hydroxyl groups is 1. The molecule has 0 radical (unpaired) electrons. The number of benzene rings is 1. The van der Waals surface area contributed by atoms with E-state index in [1.54, 1.807) is 32.5 Å². The number of nitrogens with zero attached hydrogens (tertiary/aromatic N) is 1. The van der Waals surface area contributed by atoms with E-state index in [1.807, 2.05) is 13.0 Å². The van der Waals surface area contributed by atoms with Crippen LogP contribution in [0.3, 0.4) is 0 Å². The Morgan fingerprint density at radius 1 is 1.19 bits per heavy atom. The van der Waals surface area contributed by atoms with Gasteiger partial charge in [0.1, 0.15) is 17.8 Å². The van der Waals surface area contributed by atoms with Gasteiger partial charge in [-0.1, -0.05) is 26.8 Å². The number of para-hydroxylation sites is 1. The van der Waals surface area contributed by atoms with Gasteiger partial charge in [0.05, 0.1) is 23.6 Å². The van der Waals surface area contributed by atoms with E-state index in [1.165, 1.54) is 11.0 Å². The Kier molecular flexibility index (Phi) is 6.50. The highest BCUT2D eigenvalue weighted by Crippen LogP contribution is 2.32. The number of nitrogens with one attached hydrogen (secondary N) is 2. The summed E-state index contributed by atoms with van der Waals surface area (Å²) in [6, 6.07) is 4.78. The maximum absolute atomic E-state index is 12.3. The van der Waals surface area contributed by atoms with Gasteiger partial charge in [-0.25, -0.2) is 0 Å². The van der Waals surface area contributed by atoms with E-state index in [0.717, 1.165) is 5.56 Å². The molecule has 3 atom stereocenters. The van der Waals surface area contributed by atoms with E-state index in [9.17, 15) is 19.5 Å². The molecule has 1 heterocycles. The summed E-state index contributed by atoms with van der Waals surface area (Å²) in [5.74, 6) is -0.691. The Hall–Kier alpha value is -3.13. The van der Waals surface area contributed by atoms with Crippen LogP contribution in [-0.4, -0.2) is 53.7 Å². The number of phenolic OH excluding ortho intramolecular Hbond substituents is 1. The summed E-state index contributed by atoms with van der Waals surface area (Å²) in [6.07, 6.45) is 2.37. The third kappa shape index (κ3) is 4.34. The van der Waals surface area contributed by atoms with Crippen LogP contribution in [0.2, 0.25) is 0 Å². The van der Waals surface area contributed by atoms with Gasteiger partial charge in [0, 0.05) is 14.1 Å². The molecule has 1 saturated carbocycles. The second-order valence-electron chi connectivity index (χ2n) is 8.29. The first-order chi connectivity index (χ1) is 14.6. The normalized spacial score (nSPS) is 19.3. The van der Waals surface area contributed by atoms with Crippen molar-refractivity contribution < 1.29 is 23.9 Å². The molecule has 8 nitrogen and oxygen atoms in total. The lowest BCUT2D eigenvalue weighted by Crippen LogP contribution is -2.67. The van der Waals surface area contributed by atoms with Gasteiger partial charge in [0.2, 0.25) is 11.6 Å². The minimum absolute atomic E-state index is 0.112. The molecule has 0 aliphatic heterocycles. The SMILES string of the molecule is CCC(NC1C(=O)C(=O)C1Nc1cccc(C(=O)N(C)C)c1O)c1cc(C(C)C)co1. The van der Waals surface area contributed by atoms with Crippen molar-refractivity contribution >= 4 is 23.2 Å². The van der Waals surface area contributed by atoms with Crippen LogP contribution in [0.25, 0.3) is 0 Å². The van der Waals surface area contributed by atoms with Gasteiger partial charge in [0.25, 0.3) is 5.91 Å². The highest BCUT2D eigenvalue weighted by molar-refractivity contribution is 6.49. The Bertz CT molecular complexity index is 995. The molecule has 1 aromatic heterocycles. The highest BCUT2D eigenvalue weighted by atomic mass is 16.3. The van der Waals surface area contributed by atoms with Crippen LogP contribution in [0.1, 0.15) is 60.8 Å². The highest BCUT2D eigenvalue weighted by Gasteiger charge is 2.50. The lowest BCUT2D eigenvalue weighted by Gasteiger charge is -2.37. The van der Waals surface area contributed by atoms with Crippen LogP contribution < -0.4 is 10.6 Å². The standard InChI is InChI=1S/C23H29N3O5/c1-6-15(17-10-13(11-31-17)12(2)3)24-18-19(22(29)21(18)28)25-16-9-7-8-14(20(16)27)23(30)26(4)5/h7-12,15,18-19,24-25,27H,6H2,1-5H3. The van der Waals surface area contributed by atoms with Gasteiger partial charge in [-0.3, -0.25) is 19.7 Å². The van der Waals surface area contributed by atoms with E-state index in [4.69, 9.17) is 4.42 Å². The number of Topliss-reactive ketones (excluding diaryl/α,β-unsaturated/α-hetero) is 2. The summed E-state index contributed by atoms with van der Waals surface area (Å²) in [5, 5.41) is 16.7. The second-order valence-corrected chi connectivity index (χ2v) is 8.29. The predicted molar refractivity (Wildman–Crippen MR) is 116 cm³/mol. The van der Waals surface area contributed by atoms with Crippen LogP contribution in [0, 0.1) is 0 Å². The van der Waals surface area contributed by atoms with Crippen LogP contribution in [0.4, 0.5) is 5.69 Å². The van der Waals surface area contributed by atoms with Crippen molar-refractivity contribution in [3.05, 3.63) is 47.4 Å². The number of carbonyl (C=O) groups is 3. The number of anilines is 1. The zero-order valence-corrected chi connectivity index (χ0v) is 18.4. The minimum Gasteiger partial charge on any atom is -0.505 e.